The fourth-order valence-corrected chi connectivity index (χ4v) is 7.73. The first kappa shape index (κ1) is 21.4. The van der Waals surface area contributed by atoms with Gasteiger partial charge < -0.3 is 9.47 Å². The molecule has 4 nitrogen and oxygen atoms in total. The molecule has 0 unspecified atom stereocenters. The number of hydrogen-bond acceptors (Lipinski definition) is 4. The number of carbonyl (C=O) groups is 2. The molecule has 0 aliphatic heterocycles. The normalized spacial score (nSPS) is 29.8. The van der Waals surface area contributed by atoms with Crippen LogP contribution in [0.1, 0.15) is 102 Å². The second-order valence-electron chi connectivity index (χ2n) is 11.2. The number of methoxy groups -OCH3 is 2. The molecule has 1 aromatic carbocycles. The molecule has 4 aliphatic carbocycles. The van der Waals surface area contributed by atoms with Crippen molar-refractivity contribution in [3.63, 3.8) is 0 Å². The van der Waals surface area contributed by atoms with E-state index in [1.165, 1.54) is 63.9 Å². The summed E-state index contributed by atoms with van der Waals surface area (Å²) in [5.74, 6) is 1.49. The average Bonchev–Trinajstić information content (AvgIpc) is 2.65. The van der Waals surface area contributed by atoms with Gasteiger partial charge in [0.2, 0.25) is 0 Å². The largest absolute Gasteiger partial charge is 0.465 e. The highest BCUT2D eigenvalue weighted by Gasteiger charge is 2.54. The van der Waals surface area contributed by atoms with Crippen LogP contribution in [0.15, 0.2) is 0 Å². The van der Waals surface area contributed by atoms with Crippen molar-refractivity contribution in [2.45, 2.75) is 84.0 Å². The maximum absolute atomic E-state index is 12.9. The molecule has 0 atom stereocenters. The summed E-state index contributed by atoms with van der Waals surface area (Å²) in [6.45, 7) is 10.7. The topological polar surface area (TPSA) is 52.6 Å². The van der Waals surface area contributed by atoms with Crippen molar-refractivity contribution in [1.29, 1.82) is 0 Å². The van der Waals surface area contributed by atoms with Crippen molar-refractivity contribution in [3.8, 4) is 0 Å². The predicted octanol–water partition coefficient (Wildman–Crippen LogP) is 5.64. The Kier molecular flexibility index (Phi) is 5.06. The SMILES string of the molecule is COC(=O)c1c(C)c(C(C)(C)C)c(C23CC4CC(CC(C4)C2)C3)c(C)c1C(=O)OC. The van der Waals surface area contributed by atoms with Gasteiger partial charge in [0.05, 0.1) is 25.3 Å². The molecule has 0 saturated heterocycles. The monoisotopic (exact) mass is 412 g/mol. The van der Waals surface area contributed by atoms with Gasteiger partial charge in [0.1, 0.15) is 0 Å². The summed E-state index contributed by atoms with van der Waals surface area (Å²) in [7, 11) is 2.77. The van der Waals surface area contributed by atoms with E-state index in [9.17, 15) is 9.59 Å². The van der Waals surface area contributed by atoms with Gasteiger partial charge in [0.25, 0.3) is 0 Å². The molecule has 0 radical (unpaired) electrons. The van der Waals surface area contributed by atoms with E-state index in [4.69, 9.17) is 9.47 Å². The molecule has 4 saturated carbocycles. The molecule has 0 aromatic heterocycles. The number of rotatable bonds is 3. The van der Waals surface area contributed by atoms with Crippen LogP contribution in [0.3, 0.4) is 0 Å². The van der Waals surface area contributed by atoms with Crippen LogP contribution in [0.25, 0.3) is 0 Å². The smallest absolute Gasteiger partial charge is 0.339 e. The maximum atomic E-state index is 12.9. The number of carbonyl (C=O) groups excluding carboxylic acids is 2. The lowest BCUT2D eigenvalue weighted by Crippen LogP contribution is -2.50. The third kappa shape index (κ3) is 3.09. The second-order valence-corrected chi connectivity index (χ2v) is 11.2. The third-order valence-electron chi connectivity index (χ3n) is 8.10. The summed E-state index contributed by atoms with van der Waals surface area (Å²) in [4.78, 5) is 25.8. The molecule has 164 valence electrons. The van der Waals surface area contributed by atoms with Gasteiger partial charge in [-0.1, -0.05) is 20.8 Å². The van der Waals surface area contributed by atoms with Gasteiger partial charge in [-0.3, -0.25) is 0 Å². The van der Waals surface area contributed by atoms with Crippen molar-refractivity contribution < 1.29 is 19.1 Å². The van der Waals surface area contributed by atoms with Gasteiger partial charge in [-0.05, 0) is 103 Å². The van der Waals surface area contributed by atoms with Crippen LogP contribution in [0, 0.1) is 31.6 Å². The Balaban J connectivity index is 2.07. The molecule has 1 aromatic rings. The Morgan fingerprint density at radius 3 is 1.57 bits per heavy atom. The Morgan fingerprint density at radius 2 is 1.20 bits per heavy atom. The molecule has 0 spiro atoms. The second kappa shape index (κ2) is 7.10. The Labute approximate surface area is 180 Å². The molecule has 4 heteroatoms. The minimum Gasteiger partial charge on any atom is -0.465 e. The van der Waals surface area contributed by atoms with E-state index < -0.39 is 11.9 Å². The number of hydrogen-bond donors (Lipinski definition) is 0. The van der Waals surface area contributed by atoms with Gasteiger partial charge in [0, 0.05) is 0 Å². The van der Waals surface area contributed by atoms with E-state index in [0.29, 0.717) is 11.1 Å². The number of ether oxygens (including phenoxy) is 2. The zero-order valence-electron chi connectivity index (χ0n) is 19.6. The molecule has 0 N–H and O–H groups in total. The molecular formula is C26H36O4. The number of benzene rings is 1. The lowest BCUT2D eigenvalue weighted by molar-refractivity contribution is -0.00633. The van der Waals surface area contributed by atoms with E-state index in [1.54, 1.807) is 0 Å². The van der Waals surface area contributed by atoms with Gasteiger partial charge in [-0.15, -0.1) is 0 Å². The van der Waals surface area contributed by atoms with Crippen molar-refractivity contribution in [1.82, 2.24) is 0 Å². The fraction of sp³-hybridized carbons (Fsp3) is 0.692. The van der Waals surface area contributed by atoms with Gasteiger partial charge in [-0.2, -0.15) is 0 Å². The van der Waals surface area contributed by atoms with Crippen LogP contribution in [0.2, 0.25) is 0 Å². The third-order valence-corrected chi connectivity index (χ3v) is 8.10. The highest BCUT2D eigenvalue weighted by molar-refractivity contribution is 6.06. The van der Waals surface area contributed by atoms with Gasteiger partial charge in [-0.25, -0.2) is 9.59 Å². The van der Waals surface area contributed by atoms with E-state index in [1.807, 2.05) is 13.8 Å². The van der Waals surface area contributed by atoms with Gasteiger partial charge >= 0.3 is 11.9 Å². The standard InChI is InChI=1S/C26H36O4/c1-14-19(23(27)29-6)20(24(28)30-7)15(2)22(21(14)25(3,4)5)26-11-16-8-17(12-26)10-18(9-16)13-26/h16-18H,8-13H2,1-7H3. The van der Waals surface area contributed by atoms with Crippen molar-refractivity contribution >= 4 is 11.9 Å². The van der Waals surface area contributed by atoms with E-state index in [2.05, 4.69) is 20.8 Å². The molecule has 0 heterocycles. The summed E-state index contributed by atoms with van der Waals surface area (Å²) in [6.07, 6.45) is 7.73. The summed E-state index contributed by atoms with van der Waals surface area (Å²) >= 11 is 0. The van der Waals surface area contributed by atoms with Crippen LogP contribution >= 0.6 is 0 Å². The Morgan fingerprint density at radius 1 is 0.800 bits per heavy atom. The minimum atomic E-state index is -0.460. The molecule has 5 rings (SSSR count). The fourth-order valence-electron chi connectivity index (χ4n) is 7.73. The molecular weight excluding hydrogens is 376 g/mol. The molecule has 0 amide bonds. The first-order valence-electron chi connectivity index (χ1n) is 11.4. The molecule has 4 aliphatic rings. The summed E-state index contributed by atoms with van der Waals surface area (Å²) in [6, 6.07) is 0. The zero-order chi connectivity index (χ0) is 22.0. The van der Waals surface area contributed by atoms with Gasteiger partial charge in [0.15, 0.2) is 0 Å². The van der Waals surface area contributed by atoms with Crippen LogP contribution < -0.4 is 0 Å². The van der Waals surface area contributed by atoms with Crippen molar-refractivity contribution in [3.05, 3.63) is 33.4 Å². The van der Waals surface area contributed by atoms with Crippen LogP contribution in [-0.4, -0.2) is 26.2 Å². The van der Waals surface area contributed by atoms with E-state index >= 15 is 0 Å². The predicted molar refractivity (Wildman–Crippen MR) is 117 cm³/mol. The lowest BCUT2D eigenvalue weighted by Gasteiger charge is -2.58. The summed E-state index contributed by atoms with van der Waals surface area (Å²) in [5, 5.41) is 0. The average molecular weight is 413 g/mol. The van der Waals surface area contributed by atoms with Crippen molar-refractivity contribution in [2.75, 3.05) is 14.2 Å². The first-order valence-corrected chi connectivity index (χ1v) is 11.4. The quantitative estimate of drug-likeness (QED) is 0.603. The van der Waals surface area contributed by atoms with E-state index in [0.717, 1.165) is 28.9 Å². The highest BCUT2D eigenvalue weighted by atomic mass is 16.5. The van der Waals surface area contributed by atoms with E-state index in [-0.39, 0.29) is 10.8 Å². The Bertz CT molecular complexity index is 868. The zero-order valence-corrected chi connectivity index (χ0v) is 19.6. The minimum absolute atomic E-state index is 0.115. The number of esters is 2. The summed E-state index contributed by atoms with van der Waals surface area (Å²) in [5.41, 5.74) is 5.12. The lowest BCUT2D eigenvalue weighted by atomic mass is 9.46. The molecule has 4 bridgehead atoms. The Hall–Kier alpha value is -1.84. The highest BCUT2D eigenvalue weighted by Crippen LogP contribution is 2.62. The van der Waals surface area contributed by atoms with Crippen LogP contribution in [-0.2, 0) is 20.3 Å². The molecule has 30 heavy (non-hydrogen) atoms. The van der Waals surface area contributed by atoms with Crippen LogP contribution in [0.4, 0.5) is 0 Å². The van der Waals surface area contributed by atoms with Crippen molar-refractivity contribution in [2.24, 2.45) is 17.8 Å². The molecule has 4 fully saturated rings. The van der Waals surface area contributed by atoms with Crippen LogP contribution in [0.5, 0.6) is 0 Å². The first-order chi connectivity index (χ1) is 14.0. The summed E-state index contributed by atoms with van der Waals surface area (Å²) < 4.78 is 10.3. The maximum Gasteiger partial charge on any atom is 0.339 e.